The van der Waals surface area contributed by atoms with Crippen molar-refractivity contribution in [3.63, 3.8) is 0 Å². The predicted molar refractivity (Wildman–Crippen MR) is 175 cm³/mol. The molecule has 4 aromatic carbocycles. The van der Waals surface area contributed by atoms with E-state index in [1.165, 1.54) is 0 Å². The van der Waals surface area contributed by atoms with Crippen LogP contribution in [0.15, 0.2) is 96.6 Å². The molecular formula is C36H33ClN2O6. The minimum atomic E-state index is -0.513. The molecule has 1 heterocycles. The van der Waals surface area contributed by atoms with Crippen LogP contribution in [-0.2, 0) is 22.6 Å². The molecule has 0 bridgehead atoms. The summed E-state index contributed by atoms with van der Waals surface area (Å²) >= 11 is 6.11. The van der Waals surface area contributed by atoms with Crippen molar-refractivity contribution in [3.8, 4) is 11.5 Å². The number of allylic oxidation sites excluding steroid dienone is 2. The Morgan fingerprint density at radius 1 is 0.956 bits per heavy atom. The molecule has 0 saturated carbocycles. The number of anilines is 3. The first-order valence-corrected chi connectivity index (χ1v) is 14.9. The van der Waals surface area contributed by atoms with Gasteiger partial charge in [0.2, 0.25) is 0 Å². The number of halogens is 1. The van der Waals surface area contributed by atoms with Gasteiger partial charge in [-0.25, -0.2) is 9.59 Å². The molecule has 0 fully saturated rings. The Bertz CT molecular complexity index is 1720. The molecule has 9 heteroatoms. The second-order valence-electron chi connectivity index (χ2n) is 10.5. The molecule has 0 aromatic heterocycles. The molecule has 230 valence electrons. The van der Waals surface area contributed by atoms with E-state index in [0.29, 0.717) is 63.1 Å². The number of esters is 2. The number of para-hydroxylation sites is 3. The second-order valence-corrected chi connectivity index (χ2v) is 10.9. The Balaban J connectivity index is 1.45. The van der Waals surface area contributed by atoms with Crippen LogP contribution in [-0.4, -0.2) is 25.1 Å². The van der Waals surface area contributed by atoms with Gasteiger partial charge in [-0.05, 0) is 68.7 Å². The van der Waals surface area contributed by atoms with Crippen LogP contribution < -0.4 is 19.7 Å². The van der Waals surface area contributed by atoms with Crippen LogP contribution in [0.1, 0.15) is 46.8 Å². The lowest BCUT2D eigenvalue weighted by molar-refractivity contribution is -0.134. The van der Waals surface area contributed by atoms with E-state index in [0.717, 1.165) is 11.1 Å². The van der Waals surface area contributed by atoms with Crippen LogP contribution >= 0.6 is 11.6 Å². The summed E-state index contributed by atoms with van der Waals surface area (Å²) in [7, 11) is 1.56. The summed E-state index contributed by atoms with van der Waals surface area (Å²) in [4.78, 5) is 41.2. The van der Waals surface area contributed by atoms with E-state index in [9.17, 15) is 14.4 Å². The molecule has 0 atom stereocenters. The lowest BCUT2D eigenvalue weighted by atomic mass is 9.93. The number of urea groups is 1. The second kappa shape index (κ2) is 14.1. The molecule has 8 nitrogen and oxygen atoms in total. The summed E-state index contributed by atoms with van der Waals surface area (Å²) < 4.78 is 16.7. The number of benzene rings is 4. The first kappa shape index (κ1) is 31.3. The van der Waals surface area contributed by atoms with Crippen LogP contribution in [0.2, 0.25) is 5.02 Å². The van der Waals surface area contributed by atoms with Crippen LogP contribution in [0.25, 0.3) is 0 Å². The van der Waals surface area contributed by atoms with Gasteiger partial charge in [-0.15, -0.1) is 0 Å². The maximum atomic E-state index is 14.1. The van der Waals surface area contributed by atoms with E-state index >= 15 is 0 Å². The van der Waals surface area contributed by atoms with E-state index < -0.39 is 18.0 Å². The number of carbonyl (C=O) groups is 3. The van der Waals surface area contributed by atoms with Crippen molar-refractivity contribution in [1.82, 2.24) is 0 Å². The van der Waals surface area contributed by atoms with Crippen molar-refractivity contribution in [1.29, 1.82) is 0 Å². The lowest BCUT2D eigenvalue weighted by Gasteiger charge is -2.26. The van der Waals surface area contributed by atoms with Gasteiger partial charge >= 0.3 is 18.0 Å². The number of amides is 2. The summed E-state index contributed by atoms with van der Waals surface area (Å²) in [5, 5.41) is 3.40. The average molecular weight is 625 g/mol. The largest absolute Gasteiger partial charge is 0.496 e. The molecule has 0 radical (unpaired) electrons. The number of nitrogens with zero attached hydrogens (tertiary/aromatic N) is 1. The number of carbonyl (C=O) groups excluding carboxylic acids is 3. The number of methoxy groups -OCH3 is 1. The van der Waals surface area contributed by atoms with Gasteiger partial charge in [0.05, 0.1) is 34.8 Å². The third-order valence-electron chi connectivity index (χ3n) is 7.58. The molecule has 1 aliphatic heterocycles. The molecule has 0 aliphatic carbocycles. The van der Waals surface area contributed by atoms with Gasteiger partial charge in [0.15, 0.2) is 0 Å². The molecule has 1 aliphatic rings. The number of nitrogens with one attached hydrogen (secondary N) is 1. The van der Waals surface area contributed by atoms with Crippen LogP contribution in [0.4, 0.5) is 21.9 Å². The summed E-state index contributed by atoms with van der Waals surface area (Å²) in [5.41, 5.74) is 4.93. The van der Waals surface area contributed by atoms with Gasteiger partial charge < -0.3 is 19.5 Å². The molecule has 0 unspecified atom stereocenters. The van der Waals surface area contributed by atoms with Gasteiger partial charge in [0, 0.05) is 17.5 Å². The Labute approximate surface area is 267 Å². The van der Waals surface area contributed by atoms with Crippen molar-refractivity contribution < 1.29 is 28.6 Å². The van der Waals surface area contributed by atoms with Crippen LogP contribution in [0.5, 0.6) is 11.5 Å². The van der Waals surface area contributed by atoms with Crippen LogP contribution in [0.3, 0.4) is 0 Å². The molecule has 1 N–H and O–H groups in total. The number of cyclic esters (lactones) is 1. The molecule has 0 spiro atoms. The fourth-order valence-corrected chi connectivity index (χ4v) is 5.44. The van der Waals surface area contributed by atoms with E-state index in [-0.39, 0.29) is 13.0 Å². The van der Waals surface area contributed by atoms with Gasteiger partial charge in [-0.3, -0.25) is 9.69 Å². The highest BCUT2D eigenvalue weighted by molar-refractivity contribution is 6.32. The van der Waals surface area contributed by atoms with Gasteiger partial charge in [-0.2, -0.15) is 0 Å². The molecule has 4 aromatic rings. The maximum absolute atomic E-state index is 14.1. The van der Waals surface area contributed by atoms with Crippen LogP contribution in [0, 0.1) is 6.92 Å². The van der Waals surface area contributed by atoms with E-state index in [1.807, 2.05) is 80.6 Å². The molecule has 45 heavy (non-hydrogen) atoms. The average Bonchev–Trinajstić information content (AvgIpc) is 3.44. The quantitative estimate of drug-likeness (QED) is 0.108. The lowest BCUT2D eigenvalue weighted by Crippen LogP contribution is -2.32. The highest BCUT2D eigenvalue weighted by Crippen LogP contribution is 2.42. The summed E-state index contributed by atoms with van der Waals surface area (Å²) in [6.45, 7) is 3.87. The summed E-state index contributed by atoms with van der Waals surface area (Å²) in [6.07, 6.45) is 2.86. The van der Waals surface area contributed by atoms with E-state index in [4.69, 9.17) is 25.8 Å². The third kappa shape index (κ3) is 7.02. The maximum Gasteiger partial charge on any atom is 0.341 e. The van der Waals surface area contributed by atoms with Crippen molar-refractivity contribution in [2.24, 2.45) is 0 Å². The Morgan fingerprint density at radius 2 is 1.58 bits per heavy atom. The van der Waals surface area contributed by atoms with Gasteiger partial charge in [-0.1, -0.05) is 71.8 Å². The topological polar surface area (TPSA) is 94.2 Å². The first-order valence-electron chi connectivity index (χ1n) is 14.5. The Morgan fingerprint density at radius 3 is 2.20 bits per heavy atom. The third-order valence-corrected chi connectivity index (χ3v) is 7.89. The van der Waals surface area contributed by atoms with E-state index in [2.05, 4.69) is 5.32 Å². The zero-order valence-corrected chi connectivity index (χ0v) is 26.0. The summed E-state index contributed by atoms with van der Waals surface area (Å²) in [6, 6.07) is 24.9. The Kier molecular flexibility index (Phi) is 9.85. The monoisotopic (exact) mass is 624 g/mol. The molecular weight excluding hydrogens is 592 g/mol. The minimum Gasteiger partial charge on any atom is -0.496 e. The molecule has 2 amide bonds. The molecule has 0 saturated heterocycles. The standard InChI is InChI=1S/C36H33ClN2O6/c1-23(19-21-31(40)45-30-17-11-10-16-29(30)37)18-20-27-33(32-28(22-44-35(32)41)24(2)34(27)43-3)38-36(42)39(25-12-6-4-7-13-25)26-14-8-5-9-15-26/h4-18H,19-22H2,1-3H3,(H,38,42)/b23-18+. The number of ether oxygens (including phenoxy) is 3. The summed E-state index contributed by atoms with van der Waals surface area (Å²) in [5.74, 6) is -0.0484. The highest BCUT2D eigenvalue weighted by Gasteiger charge is 2.33. The predicted octanol–water partition coefficient (Wildman–Crippen LogP) is 8.57. The first-order chi connectivity index (χ1) is 21.8. The van der Waals surface area contributed by atoms with E-state index in [1.54, 1.807) is 36.3 Å². The van der Waals surface area contributed by atoms with Crippen molar-refractivity contribution in [2.45, 2.75) is 39.7 Å². The number of rotatable bonds is 10. The van der Waals surface area contributed by atoms with Crippen molar-refractivity contribution >= 4 is 46.6 Å². The highest BCUT2D eigenvalue weighted by atomic mass is 35.5. The van der Waals surface area contributed by atoms with Crippen molar-refractivity contribution in [2.75, 3.05) is 17.3 Å². The smallest absolute Gasteiger partial charge is 0.341 e. The zero-order valence-electron chi connectivity index (χ0n) is 25.3. The zero-order chi connectivity index (χ0) is 31.9. The molecule has 5 rings (SSSR count). The SMILES string of the molecule is COc1c(C)c2c(c(NC(=O)N(c3ccccc3)c3ccccc3)c1C/C=C(\C)CCC(=O)Oc1ccccc1Cl)C(=O)OC2. The minimum absolute atomic E-state index is 0.0863. The fraction of sp³-hybridized carbons (Fsp3) is 0.194. The normalized spacial score (nSPS) is 12.3. The Hall–Kier alpha value is -5.08. The van der Waals surface area contributed by atoms with Gasteiger partial charge in [0.1, 0.15) is 18.1 Å². The fourth-order valence-electron chi connectivity index (χ4n) is 5.27. The number of hydrogen-bond acceptors (Lipinski definition) is 6. The van der Waals surface area contributed by atoms with Crippen molar-refractivity contribution in [3.05, 3.63) is 124 Å². The number of hydrogen-bond donors (Lipinski definition) is 1. The number of fused-ring (bicyclic) bond motifs is 1. The van der Waals surface area contributed by atoms with Gasteiger partial charge in [0.25, 0.3) is 0 Å².